The molecule has 0 bridgehead atoms. The zero-order valence-electron chi connectivity index (χ0n) is 11.9. The van der Waals surface area contributed by atoms with Crippen LogP contribution in [0.3, 0.4) is 0 Å². The minimum atomic E-state index is -0.996. The third-order valence-corrected chi connectivity index (χ3v) is 3.91. The van der Waals surface area contributed by atoms with Crippen molar-refractivity contribution in [1.29, 1.82) is 0 Å². The average molecular weight is 286 g/mol. The molecular weight excluding hydrogens is 264 g/mol. The third-order valence-electron chi connectivity index (χ3n) is 3.91. The first-order valence-electron chi connectivity index (χ1n) is 6.88. The Hall–Kier alpha value is -1.34. The summed E-state index contributed by atoms with van der Waals surface area (Å²) in [6.45, 7) is 5.75. The number of amides is 2. The molecule has 20 heavy (non-hydrogen) atoms. The molecular formula is C13H22N2O5. The van der Waals surface area contributed by atoms with Crippen molar-refractivity contribution in [3.8, 4) is 0 Å². The molecule has 7 heteroatoms. The maximum absolute atomic E-state index is 12.0. The van der Waals surface area contributed by atoms with Crippen LogP contribution in [0.2, 0.25) is 0 Å². The summed E-state index contributed by atoms with van der Waals surface area (Å²) in [7, 11) is 0. The first-order chi connectivity index (χ1) is 9.39. The lowest BCUT2D eigenvalue weighted by Crippen LogP contribution is -2.66. The Morgan fingerprint density at radius 1 is 1.55 bits per heavy atom. The minimum absolute atomic E-state index is 0.0804. The molecule has 2 atom stereocenters. The predicted molar refractivity (Wildman–Crippen MR) is 70.5 cm³/mol. The van der Waals surface area contributed by atoms with Gasteiger partial charge in [0, 0.05) is 18.6 Å². The van der Waals surface area contributed by atoms with Crippen LogP contribution in [0.4, 0.5) is 4.79 Å². The van der Waals surface area contributed by atoms with E-state index in [9.17, 15) is 9.59 Å². The molecule has 2 saturated heterocycles. The van der Waals surface area contributed by atoms with Crippen LogP contribution < -0.4 is 5.32 Å². The standard InChI is InChI=1S/C13H22N2O5/c1-9(10-3-4-19-5-10)14-12(18)15-7-13(2,8-15)20-6-11(16)17/h9-10H,3-8H2,1-2H3,(H,14,18)(H,16,17). The lowest BCUT2D eigenvalue weighted by Gasteiger charge is -2.47. The van der Waals surface area contributed by atoms with Gasteiger partial charge in [-0.15, -0.1) is 0 Å². The van der Waals surface area contributed by atoms with Gasteiger partial charge >= 0.3 is 12.0 Å². The van der Waals surface area contributed by atoms with Gasteiger partial charge in [0.25, 0.3) is 0 Å². The van der Waals surface area contributed by atoms with E-state index in [2.05, 4.69) is 5.32 Å². The van der Waals surface area contributed by atoms with Crippen molar-refractivity contribution in [2.24, 2.45) is 5.92 Å². The lowest BCUT2D eigenvalue weighted by atomic mass is 9.96. The highest BCUT2D eigenvalue weighted by molar-refractivity contribution is 5.76. The summed E-state index contributed by atoms with van der Waals surface area (Å²) >= 11 is 0. The Kier molecular flexibility index (Phi) is 4.49. The van der Waals surface area contributed by atoms with Crippen LogP contribution in [0.1, 0.15) is 20.3 Å². The number of carboxylic acid groups (broad SMARTS) is 1. The Labute approximate surface area is 118 Å². The van der Waals surface area contributed by atoms with E-state index in [0.29, 0.717) is 25.6 Å². The van der Waals surface area contributed by atoms with Crippen LogP contribution in [-0.4, -0.2) is 66.6 Å². The van der Waals surface area contributed by atoms with Crippen molar-refractivity contribution < 1.29 is 24.2 Å². The maximum atomic E-state index is 12.0. The number of likely N-dealkylation sites (tertiary alicyclic amines) is 1. The number of rotatable bonds is 5. The second-order valence-electron chi connectivity index (χ2n) is 5.85. The summed E-state index contributed by atoms with van der Waals surface area (Å²) in [5.74, 6) is -0.626. The monoisotopic (exact) mass is 286 g/mol. The van der Waals surface area contributed by atoms with Gasteiger partial charge in [0.2, 0.25) is 0 Å². The summed E-state index contributed by atoms with van der Waals surface area (Å²) < 4.78 is 10.6. The minimum Gasteiger partial charge on any atom is -0.480 e. The van der Waals surface area contributed by atoms with Crippen LogP contribution in [0, 0.1) is 5.92 Å². The second-order valence-corrected chi connectivity index (χ2v) is 5.85. The van der Waals surface area contributed by atoms with Gasteiger partial charge < -0.3 is 24.8 Å². The zero-order chi connectivity index (χ0) is 14.8. The van der Waals surface area contributed by atoms with Crippen LogP contribution in [-0.2, 0) is 14.3 Å². The van der Waals surface area contributed by atoms with Crippen LogP contribution in [0.5, 0.6) is 0 Å². The molecule has 2 fully saturated rings. The molecule has 114 valence electrons. The molecule has 0 aliphatic carbocycles. The van der Waals surface area contributed by atoms with Gasteiger partial charge in [0.05, 0.1) is 19.7 Å². The van der Waals surface area contributed by atoms with Crippen molar-refractivity contribution in [1.82, 2.24) is 10.2 Å². The van der Waals surface area contributed by atoms with E-state index in [-0.39, 0.29) is 18.7 Å². The molecule has 2 aliphatic rings. The summed E-state index contributed by atoms with van der Waals surface area (Å²) in [5.41, 5.74) is -0.546. The number of aliphatic carboxylic acids is 1. The second kappa shape index (κ2) is 5.97. The van der Waals surface area contributed by atoms with Crippen molar-refractivity contribution in [2.75, 3.05) is 32.9 Å². The average Bonchev–Trinajstić information content (AvgIpc) is 2.86. The Bertz CT molecular complexity index is 375. The molecule has 0 radical (unpaired) electrons. The SMILES string of the molecule is CC(NC(=O)N1CC(C)(OCC(=O)O)C1)C1CCOC1. The quantitative estimate of drug-likeness (QED) is 0.758. The molecule has 7 nitrogen and oxygen atoms in total. The molecule has 2 heterocycles. The van der Waals surface area contributed by atoms with Crippen LogP contribution >= 0.6 is 0 Å². The van der Waals surface area contributed by atoms with E-state index in [1.807, 2.05) is 13.8 Å². The van der Waals surface area contributed by atoms with E-state index in [1.54, 1.807) is 4.90 Å². The van der Waals surface area contributed by atoms with Crippen molar-refractivity contribution in [3.05, 3.63) is 0 Å². The molecule has 2 aliphatic heterocycles. The van der Waals surface area contributed by atoms with E-state index in [4.69, 9.17) is 14.6 Å². The van der Waals surface area contributed by atoms with E-state index in [1.165, 1.54) is 0 Å². The fourth-order valence-electron chi connectivity index (χ4n) is 2.58. The highest BCUT2D eigenvalue weighted by atomic mass is 16.5. The Balaban J connectivity index is 1.71. The third kappa shape index (κ3) is 3.61. The highest BCUT2D eigenvalue weighted by Crippen LogP contribution is 2.25. The van der Waals surface area contributed by atoms with Gasteiger partial charge in [0.1, 0.15) is 12.2 Å². The van der Waals surface area contributed by atoms with Crippen molar-refractivity contribution in [3.63, 3.8) is 0 Å². The van der Waals surface area contributed by atoms with Gasteiger partial charge in [-0.2, -0.15) is 0 Å². The molecule has 0 aromatic heterocycles. The first-order valence-corrected chi connectivity index (χ1v) is 6.88. The Morgan fingerprint density at radius 3 is 2.80 bits per heavy atom. The largest absolute Gasteiger partial charge is 0.480 e. The smallest absolute Gasteiger partial charge is 0.329 e. The highest BCUT2D eigenvalue weighted by Gasteiger charge is 2.43. The fraction of sp³-hybridized carbons (Fsp3) is 0.846. The predicted octanol–water partition coefficient (Wildman–Crippen LogP) is 0.296. The summed E-state index contributed by atoms with van der Waals surface area (Å²) in [6.07, 6.45) is 0.973. The lowest BCUT2D eigenvalue weighted by molar-refractivity contribution is -0.159. The first kappa shape index (κ1) is 15.1. The summed E-state index contributed by atoms with van der Waals surface area (Å²) in [5, 5.41) is 11.5. The Morgan fingerprint density at radius 2 is 2.25 bits per heavy atom. The van der Waals surface area contributed by atoms with E-state index < -0.39 is 11.6 Å². The van der Waals surface area contributed by atoms with Gasteiger partial charge in [-0.25, -0.2) is 9.59 Å². The molecule has 0 spiro atoms. The molecule has 0 aromatic carbocycles. The number of urea groups is 1. The van der Waals surface area contributed by atoms with Gasteiger partial charge in [-0.1, -0.05) is 0 Å². The fourth-order valence-corrected chi connectivity index (χ4v) is 2.58. The summed E-state index contributed by atoms with van der Waals surface area (Å²) in [6, 6.07) is -0.0439. The molecule has 2 unspecified atom stereocenters. The number of carboxylic acids is 1. The van der Waals surface area contributed by atoms with Crippen molar-refractivity contribution in [2.45, 2.75) is 31.9 Å². The maximum Gasteiger partial charge on any atom is 0.329 e. The molecule has 0 saturated carbocycles. The van der Waals surface area contributed by atoms with Crippen molar-refractivity contribution >= 4 is 12.0 Å². The van der Waals surface area contributed by atoms with Gasteiger partial charge in [0.15, 0.2) is 0 Å². The number of carbonyl (C=O) groups is 2. The van der Waals surface area contributed by atoms with Crippen LogP contribution in [0.25, 0.3) is 0 Å². The number of ether oxygens (including phenoxy) is 2. The normalized spacial score (nSPS) is 25.9. The number of nitrogens with zero attached hydrogens (tertiary/aromatic N) is 1. The molecule has 2 amide bonds. The van der Waals surface area contributed by atoms with E-state index >= 15 is 0 Å². The van der Waals surface area contributed by atoms with Gasteiger partial charge in [-0.05, 0) is 20.3 Å². The summed E-state index contributed by atoms with van der Waals surface area (Å²) in [4.78, 5) is 24.1. The molecule has 2 N–H and O–H groups in total. The number of nitrogens with one attached hydrogen (secondary N) is 1. The van der Waals surface area contributed by atoms with E-state index in [0.717, 1.165) is 13.0 Å². The molecule has 2 rings (SSSR count). The topological polar surface area (TPSA) is 88.1 Å². The molecule has 0 aromatic rings. The number of hydrogen-bond donors (Lipinski definition) is 2. The van der Waals surface area contributed by atoms with Crippen LogP contribution in [0.15, 0.2) is 0 Å². The number of carbonyl (C=O) groups excluding carboxylic acids is 1. The zero-order valence-corrected chi connectivity index (χ0v) is 11.9. The number of hydrogen-bond acceptors (Lipinski definition) is 4. The van der Waals surface area contributed by atoms with Gasteiger partial charge in [-0.3, -0.25) is 0 Å².